The third-order valence-electron chi connectivity index (χ3n) is 3.32. The number of rotatable bonds is 5. The molecule has 0 saturated carbocycles. The molecule has 0 aliphatic carbocycles. The van der Waals surface area contributed by atoms with Crippen LogP contribution in [0.4, 0.5) is 0 Å². The molecular weight excluding hydrogens is 292 g/mol. The summed E-state index contributed by atoms with van der Waals surface area (Å²) in [5.41, 5.74) is 0.407. The number of hydrogen-bond donors (Lipinski definition) is 3. The van der Waals surface area contributed by atoms with E-state index in [-0.39, 0.29) is 5.88 Å². The molecule has 2 rings (SSSR count). The monoisotopic (exact) mass is 312 g/mol. The minimum Gasteiger partial charge on any atom is -0.473 e. The minimum absolute atomic E-state index is 0.158. The smallest absolute Gasteiger partial charge is 0.353 e. The van der Waals surface area contributed by atoms with Crippen LogP contribution < -0.4 is 10.4 Å². The quantitative estimate of drug-likeness (QED) is 0.610. The van der Waals surface area contributed by atoms with Crippen LogP contribution in [0, 0.1) is 0 Å². The molecule has 1 aliphatic heterocycles. The molecule has 0 amide bonds. The maximum absolute atomic E-state index is 12.0. The highest BCUT2D eigenvalue weighted by atomic mass is 16.6. The standard InChI is InChI=1S/C14H20N2O6/c1-8(2)4-6-21-10-3-5-16(14(20)15-10)13-12(19)11(18)9(7-17)22-13/h3-5,9,11-13,17-19H,6-7H2,1-2H3/t9-,11-,12-,13-/m1/s1. The van der Waals surface area contributed by atoms with Crippen LogP contribution in [0.5, 0.6) is 5.88 Å². The largest absolute Gasteiger partial charge is 0.473 e. The molecule has 1 aliphatic rings. The third kappa shape index (κ3) is 3.53. The minimum atomic E-state index is -1.32. The second-order valence-electron chi connectivity index (χ2n) is 5.28. The molecule has 4 atom stereocenters. The van der Waals surface area contributed by atoms with E-state index >= 15 is 0 Å². The van der Waals surface area contributed by atoms with E-state index < -0.39 is 36.8 Å². The van der Waals surface area contributed by atoms with Gasteiger partial charge in [-0.3, -0.25) is 4.57 Å². The van der Waals surface area contributed by atoms with Crippen molar-refractivity contribution in [1.82, 2.24) is 9.55 Å². The molecule has 0 aromatic carbocycles. The topological polar surface area (TPSA) is 114 Å². The number of ether oxygens (including phenoxy) is 2. The molecular formula is C14H20N2O6. The summed E-state index contributed by atoms with van der Waals surface area (Å²) < 4.78 is 11.6. The molecule has 2 heterocycles. The van der Waals surface area contributed by atoms with Crippen molar-refractivity contribution in [3.63, 3.8) is 0 Å². The molecule has 8 nitrogen and oxygen atoms in total. The SMILES string of the molecule is CC(C)=CCOc1ccn([C@@H]2O[C@H](CO)[C@@H](O)[C@H]2O)c(=O)n1. The van der Waals surface area contributed by atoms with Crippen LogP contribution in [0.1, 0.15) is 20.1 Å². The Hall–Kier alpha value is -1.74. The number of aliphatic hydroxyl groups is 3. The maximum Gasteiger partial charge on any atom is 0.353 e. The zero-order chi connectivity index (χ0) is 16.3. The first-order chi connectivity index (χ1) is 10.4. The highest BCUT2D eigenvalue weighted by molar-refractivity contribution is 5.08. The first-order valence-corrected chi connectivity index (χ1v) is 6.92. The van der Waals surface area contributed by atoms with Crippen LogP contribution in [0.2, 0.25) is 0 Å². The summed E-state index contributed by atoms with van der Waals surface area (Å²) in [5.74, 6) is 0.158. The molecule has 122 valence electrons. The van der Waals surface area contributed by atoms with Gasteiger partial charge in [0.1, 0.15) is 24.9 Å². The Morgan fingerprint density at radius 1 is 1.45 bits per heavy atom. The van der Waals surface area contributed by atoms with E-state index in [0.29, 0.717) is 6.61 Å². The Labute approximate surface area is 127 Å². The van der Waals surface area contributed by atoms with Crippen molar-refractivity contribution < 1.29 is 24.8 Å². The number of aromatic nitrogens is 2. The summed E-state index contributed by atoms with van der Waals surface area (Å²) in [4.78, 5) is 15.7. The van der Waals surface area contributed by atoms with E-state index in [1.807, 2.05) is 19.9 Å². The summed E-state index contributed by atoms with van der Waals surface area (Å²) in [5, 5.41) is 28.6. The van der Waals surface area contributed by atoms with Crippen LogP contribution in [0.15, 0.2) is 28.7 Å². The number of hydrogen-bond acceptors (Lipinski definition) is 7. The Kier molecular flexibility index (Phi) is 5.30. The lowest BCUT2D eigenvalue weighted by Gasteiger charge is -2.17. The second-order valence-corrected chi connectivity index (χ2v) is 5.28. The average molecular weight is 312 g/mol. The van der Waals surface area contributed by atoms with Gasteiger partial charge in [0.05, 0.1) is 6.61 Å². The van der Waals surface area contributed by atoms with Crippen LogP contribution >= 0.6 is 0 Å². The zero-order valence-corrected chi connectivity index (χ0v) is 12.4. The van der Waals surface area contributed by atoms with Gasteiger partial charge in [-0.05, 0) is 19.9 Å². The van der Waals surface area contributed by atoms with E-state index in [4.69, 9.17) is 14.6 Å². The van der Waals surface area contributed by atoms with Crippen LogP contribution in [0.3, 0.4) is 0 Å². The Balaban J connectivity index is 2.13. The van der Waals surface area contributed by atoms with Crippen molar-refractivity contribution in [2.75, 3.05) is 13.2 Å². The third-order valence-corrected chi connectivity index (χ3v) is 3.32. The fourth-order valence-electron chi connectivity index (χ4n) is 2.07. The highest BCUT2D eigenvalue weighted by Crippen LogP contribution is 2.28. The average Bonchev–Trinajstić information content (AvgIpc) is 2.75. The Bertz CT molecular complexity index is 595. The molecule has 0 spiro atoms. The molecule has 1 saturated heterocycles. The van der Waals surface area contributed by atoms with Crippen molar-refractivity contribution in [2.24, 2.45) is 0 Å². The normalized spacial score (nSPS) is 27.7. The molecule has 1 aromatic heterocycles. The molecule has 22 heavy (non-hydrogen) atoms. The summed E-state index contributed by atoms with van der Waals surface area (Å²) >= 11 is 0. The van der Waals surface area contributed by atoms with Crippen molar-refractivity contribution in [3.8, 4) is 5.88 Å². The zero-order valence-electron chi connectivity index (χ0n) is 12.4. The van der Waals surface area contributed by atoms with Crippen molar-refractivity contribution in [1.29, 1.82) is 0 Å². The van der Waals surface area contributed by atoms with Gasteiger partial charge in [0.15, 0.2) is 6.23 Å². The molecule has 8 heteroatoms. The lowest BCUT2D eigenvalue weighted by molar-refractivity contribution is -0.0550. The highest BCUT2D eigenvalue weighted by Gasteiger charge is 2.43. The molecule has 0 bridgehead atoms. The molecule has 3 N–H and O–H groups in total. The van der Waals surface area contributed by atoms with Gasteiger partial charge in [0.2, 0.25) is 5.88 Å². The van der Waals surface area contributed by atoms with E-state index in [2.05, 4.69) is 4.98 Å². The first-order valence-electron chi connectivity index (χ1n) is 6.92. The van der Waals surface area contributed by atoms with Crippen LogP contribution in [-0.2, 0) is 4.74 Å². The lowest BCUT2D eigenvalue weighted by atomic mass is 10.1. The van der Waals surface area contributed by atoms with Crippen molar-refractivity contribution in [3.05, 3.63) is 34.4 Å². The molecule has 0 unspecified atom stereocenters. The van der Waals surface area contributed by atoms with Gasteiger partial charge in [-0.1, -0.05) is 5.57 Å². The van der Waals surface area contributed by atoms with E-state index in [1.165, 1.54) is 12.3 Å². The molecule has 0 radical (unpaired) electrons. The van der Waals surface area contributed by atoms with Gasteiger partial charge in [-0.2, -0.15) is 4.98 Å². The molecule has 1 aromatic rings. The van der Waals surface area contributed by atoms with Crippen LogP contribution in [0.25, 0.3) is 0 Å². The van der Waals surface area contributed by atoms with Gasteiger partial charge < -0.3 is 24.8 Å². The second kappa shape index (κ2) is 7.01. The number of nitrogens with zero attached hydrogens (tertiary/aromatic N) is 2. The predicted octanol–water partition coefficient (Wildman–Crippen LogP) is -0.800. The summed E-state index contributed by atoms with van der Waals surface area (Å²) in [6.45, 7) is 3.69. The van der Waals surface area contributed by atoms with Crippen molar-refractivity contribution >= 4 is 0 Å². The lowest BCUT2D eigenvalue weighted by Crippen LogP contribution is -2.35. The van der Waals surface area contributed by atoms with Gasteiger partial charge >= 0.3 is 5.69 Å². The van der Waals surface area contributed by atoms with Gasteiger partial charge in [0.25, 0.3) is 0 Å². The van der Waals surface area contributed by atoms with Crippen LogP contribution in [-0.4, -0.2) is 56.4 Å². The summed E-state index contributed by atoms with van der Waals surface area (Å²) in [6, 6.07) is 1.47. The molecule has 1 fully saturated rings. The summed E-state index contributed by atoms with van der Waals surface area (Å²) in [6.07, 6.45) is -1.42. The fraction of sp³-hybridized carbons (Fsp3) is 0.571. The van der Waals surface area contributed by atoms with E-state index in [0.717, 1.165) is 10.1 Å². The van der Waals surface area contributed by atoms with Gasteiger partial charge in [0, 0.05) is 12.3 Å². The van der Waals surface area contributed by atoms with Gasteiger partial charge in [-0.25, -0.2) is 4.79 Å². The number of aliphatic hydroxyl groups excluding tert-OH is 3. The first kappa shape index (κ1) is 16.6. The predicted molar refractivity (Wildman–Crippen MR) is 76.4 cm³/mol. The summed E-state index contributed by atoms with van der Waals surface area (Å²) in [7, 11) is 0. The van der Waals surface area contributed by atoms with Crippen molar-refractivity contribution in [2.45, 2.75) is 38.4 Å². The van der Waals surface area contributed by atoms with E-state index in [9.17, 15) is 15.0 Å². The maximum atomic E-state index is 12.0. The Morgan fingerprint density at radius 2 is 2.18 bits per heavy atom. The fourth-order valence-corrected chi connectivity index (χ4v) is 2.07. The van der Waals surface area contributed by atoms with E-state index in [1.54, 1.807) is 0 Å². The van der Waals surface area contributed by atoms with Gasteiger partial charge in [-0.15, -0.1) is 0 Å². The number of allylic oxidation sites excluding steroid dienone is 1. The Morgan fingerprint density at radius 3 is 2.73 bits per heavy atom.